The number of aliphatic hydroxyl groups excluding tert-OH is 1. The summed E-state index contributed by atoms with van der Waals surface area (Å²) in [5, 5.41) is 13.0. The Hall–Kier alpha value is -1.33. The van der Waals surface area contributed by atoms with Gasteiger partial charge in [-0.1, -0.05) is 21.1 Å². The molecule has 0 spiro atoms. The second-order valence-corrected chi connectivity index (χ2v) is 4.86. The SMILES string of the molecule is Cc1noc(C)c1COc1ccc(Br)c(CO)c1. The van der Waals surface area contributed by atoms with Crippen LogP contribution in [0.3, 0.4) is 0 Å². The first-order chi connectivity index (χ1) is 8.61. The van der Waals surface area contributed by atoms with E-state index in [0.29, 0.717) is 12.4 Å². The molecule has 18 heavy (non-hydrogen) atoms. The fourth-order valence-corrected chi connectivity index (χ4v) is 2.00. The van der Waals surface area contributed by atoms with Crippen LogP contribution in [-0.2, 0) is 13.2 Å². The second kappa shape index (κ2) is 5.54. The summed E-state index contributed by atoms with van der Waals surface area (Å²) in [6.45, 7) is 4.13. The van der Waals surface area contributed by atoms with Gasteiger partial charge < -0.3 is 14.4 Å². The van der Waals surface area contributed by atoms with E-state index in [1.54, 1.807) is 0 Å². The van der Waals surface area contributed by atoms with Crippen LogP contribution in [0, 0.1) is 13.8 Å². The highest BCUT2D eigenvalue weighted by molar-refractivity contribution is 9.10. The third-order valence-corrected chi connectivity index (χ3v) is 3.53. The summed E-state index contributed by atoms with van der Waals surface area (Å²) >= 11 is 3.36. The number of nitrogens with zero attached hydrogens (tertiary/aromatic N) is 1. The zero-order valence-corrected chi connectivity index (χ0v) is 11.8. The first kappa shape index (κ1) is 13.1. The average Bonchev–Trinajstić information content (AvgIpc) is 2.68. The molecule has 1 N–H and O–H groups in total. The van der Waals surface area contributed by atoms with Gasteiger partial charge in [-0.3, -0.25) is 0 Å². The van der Waals surface area contributed by atoms with E-state index in [9.17, 15) is 5.11 Å². The molecule has 1 aromatic carbocycles. The molecule has 0 unspecified atom stereocenters. The van der Waals surface area contributed by atoms with Crippen molar-refractivity contribution in [1.29, 1.82) is 0 Å². The number of halogens is 1. The van der Waals surface area contributed by atoms with Crippen molar-refractivity contribution in [3.63, 3.8) is 0 Å². The molecule has 1 heterocycles. The van der Waals surface area contributed by atoms with E-state index >= 15 is 0 Å². The normalized spacial score (nSPS) is 10.7. The van der Waals surface area contributed by atoms with Crippen LogP contribution in [0.2, 0.25) is 0 Å². The van der Waals surface area contributed by atoms with E-state index in [1.807, 2.05) is 32.0 Å². The van der Waals surface area contributed by atoms with Crippen LogP contribution in [-0.4, -0.2) is 10.3 Å². The monoisotopic (exact) mass is 311 g/mol. The van der Waals surface area contributed by atoms with Gasteiger partial charge in [0.25, 0.3) is 0 Å². The number of ether oxygens (including phenoxy) is 1. The summed E-state index contributed by atoms with van der Waals surface area (Å²) in [6, 6.07) is 5.51. The van der Waals surface area contributed by atoms with Gasteiger partial charge in [-0.05, 0) is 37.6 Å². The van der Waals surface area contributed by atoms with E-state index in [0.717, 1.165) is 27.1 Å². The Morgan fingerprint density at radius 1 is 1.39 bits per heavy atom. The van der Waals surface area contributed by atoms with E-state index in [-0.39, 0.29) is 6.61 Å². The molecule has 5 heteroatoms. The first-order valence-electron chi connectivity index (χ1n) is 5.55. The summed E-state index contributed by atoms with van der Waals surface area (Å²) < 4.78 is 11.6. The molecule has 0 radical (unpaired) electrons. The van der Waals surface area contributed by atoms with Crippen LogP contribution >= 0.6 is 15.9 Å². The maximum absolute atomic E-state index is 9.17. The van der Waals surface area contributed by atoms with Crippen LogP contribution in [0.5, 0.6) is 5.75 Å². The zero-order valence-electron chi connectivity index (χ0n) is 10.2. The highest BCUT2D eigenvalue weighted by Gasteiger charge is 2.10. The van der Waals surface area contributed by atoms with Crippen LogP contribution < -0.4 is 4.74 Å². The Bertz CT molecular complexity index is 532. The maximum atomic E-state index is 9.17. The van der Waals surface area contributed by atoms with Gasteiger partial charge >= 0.3 is 0 Å². The third kappa shape index (κ3) is 2.73. The molecule has 1 aromatic heterocycles. The fourth-order valence-electron chi connectivity index (χ4n) is 1.63. The molecule has 0 saturated heterocycles. The Morgan fingerprint density at radius 2 is 2.17 bits per heavy atom. The van der Waals surface area contributed by atoms with Crippen molar-refractivity contribution >= 4 is 15.9 Å². The first-order valence-corrected chi connectivity index (χ1v) is 6.35. The van der Waals surface area contributed by atoms with Gasteiger partial charge in [-0.25, -0.2) is 0 Å². The van der Waals surface area contributed by atoms with Crippen molar-refractivity contribution in [2.75, 3.05) is 0 Å². The Labute approximate surface area is 114 Å². The molecular weight excluding hydrogens is 298 g/mol. The van der Waals surface area contributed by atoms with Crippen LogP contribution in [0.25, 0.3) is 0 Å². The lowest BCUT2D eigenvalue weighted by Gasteiger charge is -2.08. The molecule has 0 atom stereocenters. The number of benzene rings is 1. The number of aryl methyl sites for hydroxylation is 2. The standard InChI is InChI=1S/C13H14BrNO3/c1-8-12(9(2)18-15-8)7-17-11-3-4-13(14)10(5-11)6-16/h3-5,16H,6-7H2,1-2H3. The molecule has 0 fully saturated rings. The van der Waals surface area contributed by atoms with Gasteiger partial charge in [0.05, 0.1) is 17.9 Å². The minimum Gasteiger partial charge on any atom is -0.489 e. The van der Waals surface area contributed by atoms with Gasteiger partial charge in [0.15, 0.2) is 0 Å². The van der Waals surface area contributed by atoms with E-state index in [2.05, 4.69) is 21.1 Å². The number of aliphatic hydroxyl groups is 1. The molecule has 0 saturated carbocycles. The minimum absolute atomic E-state index is 0.0247. The van der Waals surface area contributed by atoms with Crippen molar-refractivity contribution in [2.24, 2.45) is 0 Å². The molecule has 4 nitrogen and oxygen atoms in total. The third-order valence-electron chi connectivity index (χ3n) is 2.75. The fraction of sp³-hybridized carbons (Fsp3) is 0.308. The predicted molar refractivity (Wildman–Crippen MR) is 70.4 cm³/mol. The zero-order chi connectivity index (χ0) is 13.1. The Kier molecular flexibility index (Phi) is 4.04. The molecular formula is C13H14BrNO3. The van der Waals surface area contributed by atoms with Gasteiger partial charge in [-0.15, -0.1) is 0 Å². The van der Waals surface area contributed by atoms with Crippen LogP contribution in [0.4, 0.5) is 0 Å². The van der Waals surface area contributed by atoms with Gasteiger partial charge in [0.2, 0.25) is 0 Å². The Morgan fingerprint density at radius 3 is 2.78 bits per heavy atom. The average molecular weight is 312 g/mol. The number of hydrogen-bond acceptors (Lipinski definition) is 4. The topological polar surface area (TPSA) is 55.5 Å². The highest BCUT2D eigenvalue weighted by atomic mass is 79.9. The summed E-state index contributed by atoms with van der Waals surface area (Å²) in [4.78, 5) is 0. The minimum atomic E-state index is -0.0247. The number of rotatable bonds is 4. The van der Waals surface area contributed by atoms with Gasteiger partial charge in [0.1, 0.15) is 18.1 Å². The summed E-state index contributed by atoms with van der Waals surface area (Å²) in [7, 11) is 0. The predicted octanol–water partition coefficient (Wildman–Crippen LogP) is 3.13. The smallest absolute Gasteiger partial charge is 0.140 e. The van der Waals surface area contributed by atoms with Crippen molar-refractivity contribution in [3.05, 3.63) is 45.3 Å². The van der Waals surface area contributed by atoms with Crippen LogP contribution in [0.1, 0.15) is 22.6 Å². The maximum Gasteiger partial charge on any atom is 0.140 e. The summed E-state index contributed by atoms with van der Waals surface area (Å²) in [5.74, 6) is 1.48. The second-order valence-electron chi connectivity index (χ2n) is 4.00. The lowest BCUT2D eigenvalue weighted by Crippen LogP contribution is -1.98. The summed E-state index contributed by atoms with van der Waals surface area (Å²) in [6.07, 6.45) is 0. The molecule has 2 rings (SSSR count). The van der Waals surface area contributed by atoms with Crippen molar-refractivity contribution in [3.8, 4) is 5.75 Å². The molecule has 0 aliphatic carbocycles. The number of hydrogen-bond donors (Lipinski definition) is 1. The largest absolute Gasteiger partial charge is 0.489 e. The lowest BCUT2D eigenvalue weighted by molar-refractivity contribution is 0.276. The molecule has 0 aliphatic rings. The van der Waals surface area contributed by atoms with Crippen molar-refractivity contribution in [2.45, 2.75) is 27.1 Å². The molecule has 0 bridgehead atoms. The Balaban J connectivity index is 2.11. The van der Waals surface area contributed by atoms with E-state index in [4.69, 9.17) is 9.26 Å². The van der Waals surface area contributed by atoms with E-state index < -0.39 is 0 Å². The van der Waals surface area contributed by atoms with Gasteiger partial charge in [0, 0.05) is 4.47 Å². The van der Waals surface area contributed by atoms with Gasteiger partial charge in [-0.2, -0.15) is 0 Å². The molecule has 2 aromatic rings. The molecule has 0 aliphatic heterocycles. The van der Waals surface area contributed by atoms with Crippen molar-refractivity contribution in [1.82, 2.24) is 5.16 Å². The quantitative estimate of drug-likeness (QED) is 0.942. The van der Waals surface area contributed by atoms with Crippen LogP contribution in [0.15, 0.2) is 27.2 Å². The molecule has 96 valence electrons. The lowest BCUT2D eigenvalue weighted by atomic mass is 10.2. The number of aromatic nitrogens is 1. The van der Waals surface area contributed by atoms with E-state index in [1.165, 1.54) is 0 Å². The molecule has 0 amide bonds. The summed E-state index contributed by atoms with van der Waals surface area (Å²) in [5.41, 5.74) is 2.60. The van der Waals surface area contributed by atoms with Crippen molar-refractivity contribution < 1.29 is 14.4 Å². The highest BCUT2D eigenvalue weighted by Crippen LogP contribution is 2.24.